The zero-order valence-corrected chi connectivity index (χ0v) is 16.0. The Kier molecular flexibility index (Phi) is 5.32. The predicted octanol–water partition coefficient (Wildman–Crippen LogP) is 2.92. The van der Waals surface area contributed by atoms with Gasteiger partial charge in [-0.25, -0.2) is 4.68 Å². The van der Waals surface area contributed by atoms with E-state index in [2.05, 4.69) is 5.10 Å². The summed E-state index contributed by atoms with van der Waals surface area (Å²) in [6.45, 7) is 4.58. The highest BCUT2D eigenvalue weighted by molar-refractivity contribution is 6.33. The Bertz CT molecular complexity index is 810. The third-order valence-electron chi connectivity index (χ3n) is 5.01. The molecule has 0 radical (unpaired) electrons. The van der Waals surface area contributed by atoms with Crippen LogP contribution in [0, 0.1) is 6.92 Å². The number of rotatable bonds is 3. The molecule has 2 aromatic rings. The van der Waals surface area contributed by atoms with Crippen molar-refractivity contribution in [1.29, 1.82) is 0 Å². The number of aromatic nitrogens is 2. The lowest BCUT2D eigenvalue weighted by Crippen LogP contribution is -2.46. The Labute approximate surface area is 158 Å². The van der Waals surface area contributed by atoms with E-state index in [0.29, 0.717) is 29.5 Å². The van der Waals surface area contributed by atoms with E-state index in [1.165, 1.54) is 0 Å². The second-order valence-corrected chi connectivity index (χ2v) is 7.01. The van der Waals surface area contributed by atoms with Crippen molar-refractivity contribution in [3.8, 4) is 5.69 Å². The molecule has 0 saturated carbocycles. The van der Waals surface area contributed by atoms with Crippen LogP contribution in [0.25, 0.3) is 5.69 Å². The molecule has 1 aromatic carbocycles. The molecule has 2 heterocycles. The van der Waals surface area contributed by atoms with Crippen molar-refractivity contribution < 1.29 is 9.59 Å². The van der Waals surface area contributed by atoms with Crippen LogP contribution in [-0.4, -0.2) is 57.6 Å². The van der Waals surface area contributed by atoms with Gasteiger partial charge in [-0.3, -0.25) is 9.59 Å². The molecule has 1 aliphatic rings. The van der Waals surface area contributed by atoms with Crippen molar-refractivity contribution in [1.82, 2.24) is 19.6 Å². The van der Waals surface area contributed by atoms with Crippen molar-refractivity contribution in [3.63, 3.8) is 0 Å². The summed E-state index contributed by atoms with van der Waals surface area (Å²) in [6.07, 6.45) is 1.54. The standard InChI is InChI=1S/C19H23ClN4O2/c1-13-17(18(20)24(21-13)16-7-5-4-6-8-16)19(26)23-11-9-15(10-12-23)22(3)14(2)25/h4-8,15H,9-12H2,1-3H3. The minimum absolute atomic E-state index is 0.0535. The molecule has 0 spiro atoms. The fourth-order valence-corrected chi connectivity index (χ4v) is 3.71. The molecular formula is C19H23ClN4O2. The van der Waals surface area contributed by atoms with Gasteiger partial charge in [0.25, 0.3) is 5.91 Å². The minimum Gasteiger partial charge on any atom is -0.343 e. The average Bonchev–Trinajstić information content (AvgIpc) is 2.95. The van der Waals surface area contributed by atoms with Gasteiger partial charge in [0.05, 0.1) is 16.9 Å². The first-order valence-corrected chi connectivity index (χ1v) is 9.11. The molecule has 3 rings (SSSR count). The second-order valence-electron chi connectivity index (χ2n) is 6.65. The Hall–Kier alpha value is -2.34. The summed E-state index contributed by atoms with van der Waals surface area (Å²) in [7, 11) is 1.81. The van der Waals surface area contributed by atoms with E-state index in [1.54, 1.807) is 28.3 Å². The van der Waals surface area contributed by atoms with Gasteiger partial charge in [-0.2, -0.15) is 5.10 Å². The quantitative estimate of drug-likeness (QED) is 0.830. The Morgan fingerprint density at radius 1 is 1.19 bits per heavy atom. The molecule has 0 N–H and O–H groups in total. The van der Waals surface area contributed by atoms with Crippen LogP contribution in [0.4, 0.5) is 0 Å². The van der Waals surface area contributed by atoms with Crippen molar-refractivity contribution in [2.24, 2.45) is 0 Å². The van der Waals surface area contributed by atoms with E-state index in [-0.39, 0.29) is 17.9 Å². The lowest BCUT2D eigenvalue weighted by Gasteiger charge is -2.36. The van der Waals surface area contributed by atoms with E-state index in [9.17, 15) is 9.59 Å². The lowest BCUT2D eigenvalue weighted by molar-refractivity contribution is -0.130. The third kappa shape index (κ3) is 3.46. The van der Waals surface area contributed by atoms with Crippen molar-refractivity contribution in [3.05, 3.63) is 46.7 Å². The lowest BCUT2D eigenvalue weighted by atomic mass is 10.0. The van der Waals surface area contributed by atoms with Gasteiger partial charge in [0.2, 0.25) is 5.91 Å². The molecule has 0 unspecified atom stereocenters. The maximum absolute atomic E-state index is 13.0. The SMILES string of the molecule is CC(=O)N(C)C1CCN(C(=O)c2c(C)nn(-c3ccccc3)c2Cl)CC1. The molecule has 0 aliphatic carbocycles. The Morgan fingerprint density at radius 2 is 1.81 bits per heavy atom. The largest absolute Gasteiger partial charge is 0.343 e. The second kappa shape index (κ2) is 7.50. The molecule has 0 atom stereocenters. The maximum Gasteiger partial charge on any atom is 0.258 e. The van der Waals surface area contributed by atoms with Gasteiger partial charge < -0.3 is 9.80 Å². The number of piperidine rings is 1. The van der Waals surface area contributed by atoms with Crippen LogP contribution in [0.3, 0.4) is 0 Å². The van der Waals surface area contributed by atoms with E-state index in [4.69, 9.17) is 11.6 Å². The first-order valence-electron chi connectivity index (χ1n) is 8.73. The Balaban J connectivity index is 1.77. The number of halogens is 1. The van der Waals surface area contributed by atoms with Crippen LogP contribution in [0.1, 0.15) is 35.8 Å². The number of amides is 2. The summed E-state index contributed by atoms with van der Waals surface area (Å²) in [5.41, 5.74) is 1.89. The average molecular weight is 375 g/mol. The van der Waals surface area contributed by atoms with E-state index in [1.807, 2.05) is 37.4 Å². The zero-order valence-electron chi connectivity index (χ0n) is 15.3. The maximum atomic E-state index is 13.0. The van der Waals surface area contributed by atoms with Crippen LogP contribution < -0.4 is 0 Å². The molecule has 1 aromatic heterocycles. The topological polar surface area (TPSA) is 58.4 Å². The van der Waals surface area contributed by atoms with Gasteiger partial charge in [0, 0.05) is 33.1 Å². The number of benzene rings is 1. The molecule has 1 saturated heterocycles. The fourth-order valence-electron chi connectivity index (χ4n) is 3.35. The number of hydrogen-bond donors (Lipinski definition) is 0. The summed E-state index contributed by atoms with van der Waals surface area (Å²) >= 11 is 6.50. The van der Waals surface area contributed by atoms with Gasteiger partial charge in [0.1, 0.15) is 5.15 Å². The van der Waals surface area contributed by atoms with Crippen molar-refractivity contribution in [2.75, 3.05) is 20.1 Å². The molecule has 7 heteroatoms. The van der Waals surface area contributed by atoms with Gasteiger partial charge in [-0.15, -0.1) is 0 Å². The number of carbonyl (C=O) groups excluding carboxylic acids is 2. The molecule has 138 valence electrons. The Morgan fingerprint density at radius 3 is 2.38 bits per heavy atom. The molecule has 0 bridgehead atoms. The molecule has 26 heavy (non-hydrogen) atoms. The van der Waals surface area contributed by atoms with Crippen molar-refractivity contribution >= 4 is 23.4 Å². The number of nitrogens with zero attached hydrogens (tertiary/aromatic N) is 4. The summed E-state index contributed by atoms with van der Waals surface area (Å²) < 4.78 is 1.60. The van der Waals surface area contributed by atoms with Crippen LogP contribution in [-0.2, 0) is 4.79 Å². The van der Waals surface area contributed by atoms with E-state index < -0.39 is 0 Å². The van der Waals surface area contributed by atoms with Crippen molar-refractivity contribution in [2.45, 2.75) is 32.7 Å². The molecule has 1 fully saturated rings. The third-order valence-corrected chi connectivity index (χ3v) is 5.36. The number of likely N-dealkylation sites (tertiary alicyclic amines) is 1. The van der Waals surface area contributed by atoms with Crippen LogP contribution >= 0.6 is 11.6 Å². The first kappa shape index (κ1) is 18.5. The van der Waals surface area contributed by atoms with Gasteiger partial charge in [-0.1, -0.05) is 29.8 Å². The van der Waals surface area contributed by atoms with Crippen LogP contribution in [0.2, 0.25) is 5.15 Å². The van der Waals surface area contributed by atoms with Gasteiger partial charge in [-0.05, 0) is 31.9 Å². The van der Waals surface area contributed by atoms with E-state index in [0.717, 1.165) is 18.5 Å². The van der Waals surface area contributed by atoms with Crippen LogP contribution in [0.15, 0.2) is 30.3 Å². The number of carbonyl (C=O) groups is 2. The molecule has 2 amide bonds. The zero-order chi connectivity index (χ0) is 18.8. The highest BCUT2D eigenvalue weighted by Crippen LogP contribution is 2.26. The summed E-state index contributed by atoms with van der Waals surface area (Å²) in [5.74, 6) is -0.0450. The fraction of sp³-hybridized carbons (Fsp3) is 0.421. The summed E-state index contributed by atoms with van der Waals surface area (Å²) in [4.78, 5) is 28.1. The molecule has 6 nitrogen and oxygen atoms in total. The van der Waals surface area contributed by atoms with Crippen LogP contribution in [0.5, 0.6) is 0 Å². The minimum atomic E-state index is -0.0985. The predicted molar refractivity (Wildman–Crippen MR) is 101 cm³/mol. The number of hydrogen-bond acceptors (Lipinski definition) is 3. The van der Waals surface area contributed by atoms with Gasteiger partial charge in [0.15, 0.2) is 0 Å². The van der Waals surface area contributed by atoms with Gasteiger partial charge >= 0.3 is 0 Å². The highest BCUT2D eigenvalue weighted by Gasteiger charge is 2.30. The first-order chi connectivity index (χ1) is 12.4. The monoisotopic (exact) mass is 374 g/mol. The number of aryl methyl sites for hydroxylation is 1. The summed E-state index contributed by atoms with van der Waals surface area (Å²) in [6, 6.07) is 9.70. The molecular weight excluding hydrogens is 352 g/mol. The number of para-hydroxylation sites is 1. The highest BCUT2D eigenvalue weighted by atomic mass is 35.5. The smallest absolute Gasteiger partial charge is 0.258 e. The van der Waals surface area contributed by atoms with E-state index >= 15 is 0 Å². The molecule has 1 aliphatic heterocycles. The summed E-state index contributed by atoms with van der Waals surface area (Å²) in [5, 5.41) is 4.78. The normalized spacial score (nSPS) is 15.2.